The molecule has 1 unspecified atom stereocenters. The number of hydrogen-bond acceptors (Lipinski definition) is 8. The van der Waals surface area contributed by atoms with Crippen molar-refractivity contribution in [3.63, 3.8) is 0 Å². The Labute approximate surface area is 248 Å². The molecule has 1 atom stereocenters. The molecule has 41 heavy (non-hydrogen) atoms. The zero-order chi connectivity index (χ0) is 29.2. The van der Waals surface area contributed by atoms with Crippen molar-refractivity contribution in [2.24, 2.45) is 0 Å². The summed E-state index contributed by atoms with van der Waals surface area (Å²) in [5, 5.41) is 11.1. The van der Waals surface area contributed by atoms with Crippen LogP contribution in [0.15, 0.2) is 12.3 Å². The molecule has 0 radical (unpaired) electrons. The maximum Gasteiger partial charge on any atom is 0.168 e. The van der Waals surface area contributed by atoms with Crippen LogP contribution in [0.1, 0.15) is 76.8 Å². The highest BCUT2D eigenvalue weighted by Gasteiger charge is 2.32. The molecule has 226 valence electrons. The summed E-state index contributed by atoms with van der Waals surface area (Å²) in [7, 11) is -2.88. The Morgan fingerprint density at radius 2 is 1.73 bits per heavy atom. The summed E-state index contributed by atoms with van der Waals surface area (Å²) >= 11 is 6.72. The van der Waals surface area contributed by atoms with Crippen LogP contribution in [0, 0.1) is 5.82 Å². The third kappa shape index (κ3) is 7.14. The summed E-state index contributed by atoms with van der Waals surface area (Å²) in [5.41, 5.74) is 2.68. The molecule has 2 saturated heterocycles. The highest BCUT2D eigenvalue weighted by Crippen LogP contribution is 2.37. The predicted octanol–water partition coefficient (Wildman–Crippen LogP) is 5.54. The summed E-state index contributed by atoms with van der Waals surface area (Å²) in [4.78, 5) is 9.42. The Hall–Kier alpha value is -2.01. The molecule has 1 aliphatic carbocycles. The van der Waals surface area contributed by atoms with E-state index in [1.807, 2.05) is 19.9 Å². The van der Waals surface area contributed by atoms with Crippen LogP contribution < -0.4 is 16.0 Å². The lowest BCUT2D eigenvalue weighted by Crippen LogP contribution is -2.43. The topological polar surface area (TPSA) is 105 Å². The Balaban J connectivity index is 1.34. The molecule has 2 aromatic rings. The molecule has 0 spiro atoms. The van der Waals surface area contributed by atoms with E-state index in [0.29, 0.717) is 60.6 Å². The van der Waals surface area contributed by atoms with E-state index < -0.39 is 9.84 Å². The molecular weight excluding hydrogens is 565 g/mol. The maximum absolute atomic E-state index is 15.8. The molecule has 11 heteroatoms. The monoisotopic (exact) mass is 607 g/mol. The number of ether oxygens (including phenoxy) is 1. The predicted molar refractivity (Wildman–Crippen MR) is 163 cm³/mol. The molecule has 0 aromatic carbocycles. The third-order valence-corrected chi connectivity index (χ3v) is 11.0. The molecule has 0 bridgehead atoms. The fraction of sp³-hybridized carbons (Fsp3) is 0.667. The summed E-state index contributed by atoms with van der Waals surface area (Å²) in [6.45, 7) is 7.36. The quantitative estimate of drug-likeness (QED) is 0.341. The minimum Gasteiger partial charge on any atom is -0.381 e. The molecule has 3 fully saturated rings. The van der Waals surface area contributed by atoms with Crippen molar-refractivity contribution in [3.8, 4) is 11.3 Å². The Morgan fingerprint density at radius 3 is 2.37 bits per heavy atom. The molecular formula is C30H43ClFN5O3S. The van der Waals surface area contributed by atoms with Gasteiger partial charge in [0, 0.05) is 48.6 Å². The molecule has 8 nitrogen and oxygen atoms in total. The van der Waals surface area contributed by atoms with Crippen LogP contribution in [0.25, 0.3) is 11.3 Å². The van der Waals surface area contributed by atoms with Gasteiger partial charge in [0.15, 0.2) is 21.5 Å². The smallest absolute Gasteiger partial charge is 0.168 e. The van der Waals surface area contributed by atoms with Gasteiger partial charge in [0.2, 0.25) is 0 Å². The van der Waals surface area contributed by atoms with Gasteiger partial charge in [-0.1, -0.05) is 25.4 Å². The minimum absolute atomic E-state index is 0.0763. The minimum atomic E-state index is -2.88. The van der Waals surface area contributed by atoms with Crippen molar-refractivity contribution in [1.82, 2.24) is 15.3 Å². The molecule has 4 heterocycles. The summed E-state index contributed by atoms with van der Waals surface area (Å²) in [6, 6.07) is 2.61. The van der Waals surface area contributed by atoms with Crippen molar-refractivity contribution in [2.45, 2.75) is 102 Å². The zero-order valence-corrected chi connectivity index (χ0v) is 25.9. The largest absolute Gasteiger partial charge is 0.381 e. The first-order chi connectivity index (χ1) is 19.6. The third-order valence-electron chi connectivity index (χ3n) is 8.96. The SMILES string of the molecule is CCc1c(-c2cc(N[C@H]3CC[C@H](NC4CCS(=O)(=O)C4)CC3)ncc2Cl)nc(NC2(C)CCOCC2)c(F)c1CC. The summed E-state index contributed by atoms with van der Waals surface area (Å²) in [6.07, 6.45) is 8.98. The number of sulfone groups is 1. The van der Waals surface area contributed by atoms with Crippen molar-refractivity contribution < 1.29 is 17.5 Å². The lowest BCUT2D eigenvalue weighted by atomic mass is 9.90. The van der Waals surface area contributed by atoms with Gasteiger partial charge in [-0.3, -0.25) is 0 Å². The number of rotatable bonds is 9. The molecule has 2 aliphatic heterocycles. The molecule has 3 N–H and O–H groups in total. The number of nitrogens with one attached hydrogen (secondary N) is 3. The normalized spacial score (nSPS) is 25.6. The average molecular weight is 608 g/mol. The number of aromatic nitrogens is 2. The van der Waals surface area contributed by atoms with Crippen LogP contribution in [0.3, 0.4) is 0 Å². The second-order valence-electron chi connectivity index (χ2n) is 12.1. The van der Waals surface area contributed by atoms with Gasteiger partial charge in [-0.05, 0) is 81.9 Å². The van der Waals surface area contributed by atoms with E-state index in [1.54, 1.807) is 6.20 Å². The van der Waals surface area contributed by atoms with Gasteiger partial charge >= 0.3 is 0 Å². The number of nitrogens with zero attached hydrogens (tertiary/aromatic N) is 2. The lowest BCUT2D eigenvalue weighted by molar-refractivity contribution is 0.0656. The van der Waals surface area contributed by atoms with Gasteiger partial charge in [0.05, 0.1) is 22.2 Å². The van der Waals surface area contributed by atoms with E-state index in [2.05, 4.69) is 27.9 Å². The van der Waals surface area contributed by atoms with E-state index in [4.69, 9.17) is 21.3 Å². The van der Waals surface area contributed by atoms with E-state index in [9.17, 15) is 8.42 Å². The van der Waals surface area contributed by atoms with Crippen LogP contribution in [0.4, 0.5) is 16.0 Å². The van der Waals surface area contributed by atoms with Crippen molar-refractivity contribution in [3.05, 3.63) is 34.2 Å². The number of halogens is 2. The van der Waals surface area contributed by atoms with Crippen LogP contribution in [-0.4, -0.2) is 66.8 Å². The van der Waals surface area contributed by atoms with Gasteiger partial charge in [-0.2, -0.15) is 0 Å². The van der Waals surface area contributed by atoms with E-state index in [1.165, 1.54) is 0 Å². The van der Waals surface area contributed by atoms with Gasteiger partial charge in [-0.15, -0.1) is 0 Å². The molecule has 2 aromatic heterocycles. The van der Waals surface area contributed by atoms with E-state index in [0.717, 1.165) is 55.5 Å². The van der Waals surface area contributed by atoms with Crippen LogP contribution in [0.5, 0.6) is 0 Å². The van der Waals surface area contributed by atoms with E-state index >= 15 is 4.39 Å². The first kappa shape index (κ1) is 30.4. The second-order valence-corrected chi connectivity index (χ2v) is 14.7. The first-order valence-electron chi connectivity index (χ1n) is 15.1. The number of hydrogen-bond donors (Lipinski definition) is 3. The Kier molecular flexibility index (Phi) is 9.43. The summed E-state index contributed by atoms with van der Waals surface area (Å²) in [5.74, 6) is 1.25. The molecule has 3 aliphatic rings. The standard InChI is InChI=1S/C30H43ClFN5O3S/c1-4-22-23(5-2)28(36-29(27(22)32)37-30(3)11-13-40-14-12-30)24-16-26(33-17-25(24)31)35-20-8-6-19(7-9-20)34-21-10-15-41(38,39)18-21/h16-17,19-21,34H,4-15,18H2,1-3H3,(H,33,35)(H,36,37)/t19-,20-,21?. The number of pyridine rings is 2. The van der Waals surface area contributed by atoms with Gasteiger partial charge in [0.1, 0.15) is 5.82 Å². The summed E-state index contributed by atoms with van der Waals surface area (Å²) < 4.78 is 44.9. The average Bonchev–Trinajstić information content (AvgIpc) is 3.29. The molecule has 5 rings (SSSR count). The van der Waals surface area contributed by atoms with E-state index in [-0.39, 0.29) is 35.0 Å². The lowest BCUT2D eigenvalue weighted by Gasteiger charge is -2.35. The Morgan fingerprint density at radius 1 is 1.05 bits per heavy atom. The number of anilines is 2. The van der Waals surface area contributed by atoms with Crippen molar-refractivity contribution in [2.75, 3.05) is 35.4 Å². The van der Waals surface area contributed by atoms with Gasteiger partial charge < -0.3 is 20.7 Å². The van der Waals surface area contributed by atoms with Crippen molar-refractivity contribution in [1.29, 1.82) is 0 Å². The van der Waals surface area contributed by atoms with Crippen LogP contribution in [-0.2, 0) is 27.4 Å². The molecule has 0 amide bonds. The van der Waals surface area contributed by atoms with Crippen LogP contribution >= 0.6 is 11.6 Å². The fourth-order valence-corrected chi connectivity index (χ4v) is 8.39. The fourth-order valence-electron chi connectivity index (χ4n) is 6.51. The van der Waals surface area contributed by atoms with Crippen molar-refractivity contribution >= 4 is 33.1 Å². The highest BCUT2D eigenvalue weighted by atomic mass is 35.5. The van der Waals surface area contributed by atoms with Gasteiger partial charge in [0.25, 0.3) is 0 Å². The first-order valence-corrected chi connectivity index (χ1v) is 17.3. The second kappa shape index (κ2) is 12.7. The highest BCUT2D eigenvalue weighted by molar-refractivity contribution is 7.91. The zero-order valence-electron chi connectivity index (χ0n) is 24.4. The van der Waals surface area contributed by atoms with Crippen LogP contribution in [0.2, 0.25) is 5.02 Å². The maximum atomic E-state index is 15.8. The van der Waals surface area contributed by atoms with Gasteiger partial charge in [-0.25, -0.2) is 22.8 Å². The molecule has 1 saturated carbocycles. The Bertz CT molecular complexity index is 1340.